The molecule has 0 spiro atoms. The zero-order chi connectivity index (χ0) is 20.6. The molecule has 0 radical (unpaired) electrons. The first kappa shape index (κ1) is 26.0. The molecule has 3 unspecified atom stereocenters. The van der Waals surface area contributed by atoms with Crippen LogP contribution in [0.1, 0.15) is 38.5 Å². The van der Waals surface area contributed by atoms with Crippen molar-refractivity contribution in [2.75, 3.05) is 0 Å². The summed E-state index contributed by atoms with van der Waals surface area (Å²) < 4.78 is 0. The number of aliphatic carboxylic acids is 3. The normalized spacial score (nSPS) is 24.9. The molecule has 28 heavy (non-hydrogen) atoms. The van der Waals surface area contributed by atoms with E-state index in [0.717, 1.165) is 0 Å². The van der Waals surface area contributed by atoms with Crippen LogP contribution in [0, 0.1) is 35.6 Å². The summed E-state index contributed by atoms with van der Waals surface area (Å²) in [7, 11) is 0. The molecule has 3 saturated heterocycles. The molecule has 0 aromatic rings. The summed E-state index contributed by atoms with van der Waals surface area (Å²) >= 11 is 0. The molecule has 0 aromatic carbocycles. The fourth-order valence-electron chi connectivity index (χ4n) is 2.23. The van der Waals surface area contributed by atoms with E-state index in [0.29, 0.717) is 19.3 Å². The van der Waals surface area contributed by atoms with Crippen LogP contribution in [0.2, 0.25) is 0 Å². The second-order valence-electron chi connectivity index (χ2n) is 5.75. The van der Waals surface area contributed by atoms with Crippen LogP contribution in [0.25, 0.3) is 16.0 Å². The monoisotopic (exact) mass is 523 g/mol. The number of amides is 3. The molecular formula is C15H18LaN3O9. The molecule has 3 aliphatic heterocycles. The smallest absolute Gasteiger partial charge is 0.642 e. The molecule has 3 atom stereocenters. The predicted octanol–water partition coefficient (Wildman–Crippen LogP) is 0.401. The van der Waals surface area contributed by atoms with Crippen LogP contribution in [-0.2, 0) is 28.8 Å². The maximum atomic E-state index is 10.3. The Hall–Kier alpha value is -1.99. The number of carboxylic acid groups (broad SMARTS) is 3. The standard InChI is InChI=1S/3C5H7NO3.La/c3*7-4-2-1-3(6-4)5(8)9;/h3*3H,1-2H2,(H2,6,7,8,9);/q;;;+3/p-3. The van der Waals surface area contributed by atoms with E-state index in [1.807, 2.05) is 0 Å². The predicted molar refractivity (Wildman–Crippen MR) is 87.1 cm³/mol. The van der Waals surface area contributed by atoms with Gasteiger partial charge in [0, 0.05) is 0 Å². The Kier molecular flexibility index (Phi) is 11.6. The maximum absolute atomic E-state index is 10.3. The quantitative estimate of drug-likeness (QED) is 0.467. The second-order valence-corrected chi connectivity index (χ2v) is 5.75. The Morgan fingerprint density at radius 3 is 0.893 bits per heavy atom. The van der Waals surface area contributed by atoms with Gasteiger partial charge in [0.2, 0.25) is 0 Å². The molecule has 0 aliphatic carbocycles. The Balaban J connectivity index is 0.000000384. The van der Waals surface area contributed by atoms with Gasteiger partial charge < -0.3 is 45.7 Å². The van der Waals surface area contributed by atoms with Crippen molar-refractivity contribution in [2.24, 2.45) is 0 Å². The number of carboxylic acids is 3. The first-order valence-corrected chi connectivity index (χ1v) is 7.99. The van der Waals surface area contributed by atoms with Gasteiger partial charge in [-0.2, -0.15) is 0 Å². The fourth-order valence-corrected chi connectivity index (χ4v) is 2.23. The Morgan fingerprint density at radius 1 is 0.607 bits per heavy atom. The van der Waals surface area contributed by atoms with E-state index in [4.69, 9.17) is 15.3 Å². The van der Waals surface area contributed by atoms with Crippen molar-refractivity contribution in [1.82, 2.24) is 0 Å². The minimum Gasteiger partial charge on any atom is -0.642 e. The van der Waals surface area contributed by atoms with E-state index in [1.54, 1.807) is 0 Å². The molecule has 0 saturated carbocycles. The van der Waals surface area contributed by atoms with Crippen LogP contribution < -0.4 is 0 Å². The maximum Gasteiger partial charge on any atom is 3.00 e. The van der Waals surface area contributed by atoms with E-state index in [1.165, 1.54) is 0 Å². The van der Waals surface area contributed by atoms with E-state index < -0.39 is 36.0 Å². The number of carbonyl (C=O) groups excluding carboxylic acids is 3. The van der Waals surface area contributed by atoms with Gasteiger partial charge in [0.05, 0.1) is 17.7 Å². The topological polar surface area (TPSA) is 205 Å². The minimum absolute atomic E-state index is 0. The van der Waals surface area contributed by atoms with Crippen LogP contribution in [-0.4, -0.2) is 69.1 Å². The number of nitrogens with zero attached hydrogens (tertiary/aromatic N) is 3. The van der Waals surface area contributed by atoms with Gasteiger partial charge in [0.1, 0.15) is 0 Å². The summed E-state index contributed by atoms with van der Waals surface area (Å²) in [4.78, 5) is 61.3. The van der Waals surface area contributed by atoms with Gasteiger partial charge in [-0.1, -0.05) is 19.3 Å². The van der Waals surface area contributed by atoms with E-state index in [-0.39, 0.29) is 72.6 Å². The Bertz CT molecular complexity index is 555. The van der Waals surface area contributed by atoms with Crippen molar-refractivity contribution in [3.05, 3.63) is 16.0 Å². The molecule has 0 bridgehead atoms. The van der Waals surface area contributed by atoms with Crippen molar-refractivity contribution in [1.29, 1.82) is 0 Å². The van der Waals surface area contributed by atoms with Crippen molar-refractivity contribution >= 4 is 35.6 Å². The Morgan fingerprint density at radius 2 is 0.821 bits per heavy atom. The van der Waals surface area contributed by atoms with Crippen molar-refractivity contribution in [3.63, 3.8) is 0 Å². The molecule has 3 aliphatic rings. The summed E-state index contributed by atoms with van der Waals surface area (Å²) in [5, 5.41) is 34.9. The number of hydrogen-bond acceptors (Lipinski definition) is 6. The molecule has 3 amide bonds. The van der Waals surface area contributed by atoms with Gasteiger partial charge in [-0.15, -0.1) is 0 Å². The van der Waals surface area contributed by atoms with Gasteiger partial charge in [0.15, 0.2) is 0 Å². The van der Waals surface area contributed by atoms with Gasteiger partial charge in [-0.05, 0) is 37.4 Å². The van der Waals surface area contributed by atoms with Gasteiger partial charge in [-0.3, -0.25) is 14.4 Å². The molecule has 3 heterocycles. The van der Waals surface area contributed by atoms with Crippen molar-refractivity contribution in [2.45, 2.75) is 56.7 Å². The van der Waals surface area contributed by atoms with Crippen molar-refractivity contribution in [3.8, 4) is 0 Å². The summed E-state index contributed by atoms with van der Waals surface area (Å²) in [5.74, 6) is -3.87. The van der Waals surface area contributed by atoms with Gasteiger partial charge in [0.25, 0.3) is 17.9 Å². The number of hydrogen-bond donors (Lipinski definition) is 3. The SMILES string of the molecule is O=C1CCC(C(=O)O)[N-]1.O=C1CCC(C(=O)O)[N-]1.O=C1CCC(C(=O)O)[N-]1.[La+3]. The number of carbonyl (C=O) groups is 6. The zero-order valence-electron chi connectivity index (χ0n) is 14.7. The zero-order valence-corrected chi connectivity index (χ0v) is 18.3. The summed E-state index contributed by atoms with van der Waals surface area (Å²) in [6.07, 6.45) is 1.97. The van der Waals surface area contributed by atoms with Crippen LogP contribution in [0.3, 0.4) is 0 Å². The van der Waals surface area contributed by atoms with Gasteiger partial charge >= 0.3 is 35.6 Å². The fraction of sp³-hybridized carbons (Fsp3) is 0.600. The first-order chi connectivity index (χ1) is 12.6. The van der Waals surface area contributed by atoms with Crippen LogP contribution in [0.4, 0.5) is 0 Å². The molecule has 3 N–H and O–H groups in total. The third-order valence-corrected chi connectivity index (χ3v) is 3.65. The summed E-state index contributed by atoms with van der Waals surface area (Å²) in [6.45, 7) is 0. The van der Waals surface area contributed by atoms with Crippen LogP contribution in [0.5, 0.6) is 0 Å². The molecular weight excluding hydrogens is 505 g/mol. The third kappa shape index (κ3) is 9.28. The molecule has 3 fully saturated rings. The molecule has 12 nitrogen and oxygen atoms in total. The van der Waals surface area contributed by atoms with E-state index in [9.17, 15) is 28.8 Å². The van der Waals surface area contributed by atoms with E-state index >= 15 is 0 Å². The van der Waals surface area contributed by atoms with Crippen LogP contribution >= 0.6 is 0 Å². The van der Waals surface area contributed by atoms with Crippen LogP contribution in [0.15, 0.2) is 0 Å². The molecule has 13 heteroatoms. The summed E-state index contributed by atoms with van der Waals surface area (Å²) in [5.41, 5.74) is 0. The summed E-state index contributed by atoms with van der Waals surface area (Å²) in [6, 6.07) is -2.30. The molecule has 3 rings (SSSR count). The second kappa shape index (κ2) is 12.5. The van der Waals surface area contributed by atoms with Crippen molar-refractivity contribution < 1.29 is 79.7 Å². The first-order valence-electron chi connectivity index (χ1n) is 7.99. The number of rotatable bonds is 3. The van der Waals surface area contributed by atoms with E-state index in [2.05, 4.69) is 16.0 Å². The Labute approximate surface area is 187 Å². The largest absolute Gasteiger partial charge is 3.00 e. The van der Waals surface area contributed by atoms with Gasteiger partial charge in [-0.25, -0.2) is 0 Å². The average Bonchev–Trinajstić information content (AvgIpc) is 3.30. The minimum atomic E-state index is -0.999. The molecule has 0 aromatic heterocycles. The molecule has 150 valence electrons. The average molecular weight is 523 g/mol. The third-order valence-electron chi connectivity index (χ3n) is 3.65.